The highest BCUT2D eigenvalue weighted by Crippen LogP contribution is 2.34. The lowest BCUT2D eigenvalue weighted by Gasteiger charge is -2.18. The molecule has 1 heterocycles. The Labute approximate surface area is 127 Å². The van der Waals surface area contributed by atoms with Crippen molar-refractivity contribution in [1.29, 1.82) is 0 Å². The molecule has 1 aliphatic heterocycles. The van der Waals surface area contributed by atoms with Crippen molar-refractivity contribution in [2.75, 3.05) is 32.1 Å². The number of carbonyl (C=O) groups is 1. The van der Waals surface area contributed by atoms with Crippen LogP contribution in [0.1, 0.15) is 6.42 Å². The fourth-order valence-corrected chi connectivity index (χ4v) is 2.47. The largest absolute Gasteiger partial charge is 0.495 e. The summed E-state index contributed by atoms with van der Waals surface area (Å²) in [5.41, 5.74) is 0.472. The Morgan fingerprint density at radius 3 is 2.80 bits per heavy atom. The molecular weight excluding hydrogens is 303 g/mol. The van der Waals surface area contributed by atoms with Gasteiger partial charge in [-0.15, -0.1) is 0 Å². The number of aliphatic hydroxyl groups is 1. The highest BCUT2D eigenvalue weighted by Gasteiger charge is 2.26. The molecule has 1 aliphatic rings. The molecule has 1 saturated heterocycles. The van der Waals surface area contributed by atoms with Gasteiger partial charge in [0.25, 0.3) is 0 Å². The van der Waals surface area contributed by atoms with Gasteiger partial charge < -0.3 is 20.1 Å². The van der Waals surface area contributed by atoms with Crippen LogP contribution < -0.4 is 10.1 Å². The van der Waals surface area contributed by atoms with Gasteiger partial charge in [0.2, 0.25) is 0 Å². The third-order valence-corrected chi connectivity index (χ3v) is 4.04. The van der Waals surface area contributed by atoms with Crippen LogP contribution in [-0.4, -0.2) is 42.8 Å². The first kappa shape index (κ1) is 15.2. The van der Waals surface area contributed by atoms with Crippen LogP contribution in [0.4, 0.5) is 10.5 Å². The normalized spacial score (nSPS) is 18.2. The summed E-state index contributed by atoms with van der Waals surface area (Å²) in [6, 6.07) is 2.87. The second-order valence-electron chi connectivity index (χ2n) is 4.68. The van der Waals surface area contributed by atoms with Gasteiger partial charge in [-0.1, -0.05) is 23.2 Å². The van der Waals surface area contributed by atoms with E-state index in [1.54, 1.807) is 17.0 Å². The van der Waals surface area contributed by atoms with Crippen LogP contribution in [0.5, 0.6) is 5.75 Å². The summed E-state index contributed by atoms with van der Waals surface area (Å²) in [5, 5.41) is 12.6. The average Bonchev–Trinajstić information content (AvgIpc) is 2.91. The van der Waals surface area contributed by atoms with Crippen LogP contribution in [0.25, 0.3) is 0 Å². The second kappa shape index (κ2) is 6.52. The third-order valence-electron chi connectivity index (χ3n) is 3.32. The molecule has 2 rings (SSSR count). The van der Waals surface area contributed by atoms with Crippen molar-refractivity contribution in [3.8, 4) is 5.75 Å². The lowest BCUT2D eigenvalue weighted by Crippen LogP contribution is -2.33. The Balaban J connectivity index is 2.10. The van der Waals surface area contributed by atoms with E-state index < -0.39 is 0 Å². The first-order chi connectivity index (χ1) is 9.55. The number of rotatable bonds is 3. The van der Waals surface area contributed by atoms with Gasteiger partial charge in [-0.05, 0) is 12.5 Å². The zero-order chi connectivity index (χ0) is 14.7. The lowest BCUT2D eigenvalue weighted by molar-refractivity contribution is 0.208. The van der Waals surface area contributed by atoms with E-state index in [9.17, 15) is 4.79 Å². The van der Waals surface area contributed by atoms with Crippen LogP contribution in [0.3, 0.4) is 0 Å². The number of anilines is 1. The SMILES string of the molecule is COc1cc(Cl)c(Cl)cc1NC(=O)N1CC[C@H](CO)C1. The van der Waals surface area contributed by atoms with Gasteiger partial charge in [0, 0.05) is 31.7 Å². The van der Waals surface area contributed by atoms with Crippen molar-refractivity contribution in [2.24, 2.45) is 5.92 Å². The van der Waals surface area contributed by atoms with Crippen LogP contribution in [0, 0.1) is 5.92 Å². The van der Waals surface area contributed by atoms with Gasteiger partial charge in [-0.25, -0.2) is 4.79 Å². The number of carbonyl (C=O) groups excluding carboxylic acids is 1. The fourth-order valence-electron chi connectivity index (χ4n) is 2.16. The molecule has 110 valence electrons. The van der Waals surface area contributed by atoms with E-state index in [1.807, 2.05) is 0 Å². The number of methoxy groups -OCH3 is 1. The molecule has 0 unspecified atom stereocenters. The topological polar surface area (TPSA) is 61.8 Å². The number of halogens is 2. The minimum Gasteiger partial charge on any atom is -0.495 e. The van der Waals surface area contributed by atoms with E-state index in [4.69, 9.17) is 33.0 Å². The highest BCUT2D eigenvalue weighted by molar-refractivity contribution is 6.42. The zero-order valence-electron chi connectivity index (χ0n) is 11.0. The van der Waals surface area contributed by atoms with E-state index in [2.05, 4.69) is 5.32 Å². The number of benzene rings is 1. The molecule has 2 N–H and O–H groups in total. The molecule has 1 atom stereocenters. The Morgan fingerprint density at radius 2 is 2.20 bits per heavy atom. The summed E-state index contributed by atoms with van der Waals surface area (Å²) in [4.78, 5) is 13.8. The first-order valence-electron chi connectivity index (χ1n) is 6.25. The Hall–Kier alpha value is -1.17. The predicted molar refractivity (Wildman–Crippen MR) is 78.8 cm³/mol. The highest BCUT2D eigenvalue weighted by atomic mass is 35.5. The number of aliphatic hydroxyl groups excluding tert-OH is 1. The maximum absolute atomic E-state index is 12.1. The number of hydrogen-bond donors (Lipinski definition) is 2. The van der Waals surface area contributed by atoms with Gasteiger partial charge in [0.1, 0.15) is 5.75 Å². The van der Waals surface area contributed by atoms with Gasteiger partial charge in [0.05, 0.1) is 22.8 Å². The van der Waals surface area contributed by atoms with Crippen molar-refractivity contribution in [2.45, 2.75) is 6.42 Å². The quantitative estimate of drug-likeness (QED) is 0.900. The standard InChI is InChI=1S/C13H16Cl2N2O3/c1-20-12-5-10(15)9(14)4-11(12)16-13(19)17-3-2-8(6-17)7-18/h4-5,8,18H,2-3,6-7H2,1H3,(H,16,19)/t8-/m0/s1. The van der Waals surface area contributed by atoms with Crippen molar-refractivity contribution >= 4 is 34.9 Å². The summed E-state index contributed by atoms with van der Waals surface area (Å²) < 4.78 is 5.17. The van der Waals surface area contributed by atoms with Crippen molar-refractivity contribution in [3.63, 3.8) is 0 Å². The van der Waals surface area contributed by atoms with Gasteiger partial charge in [-0.2, -0.15) is 0 Å². The molecule has 7 heteroatoms. The molecule has 0 aromatic heterocycles. The van der Waals surface area contributed by atoms with Crippen LogP contribution in [0.2, 0.25) is 10.0 Å². The minimum atomic E-state index is -0.238. The van der Waals surface area contributed by atoms with Crippen LogP contribution >= 0.6 is 23.2 Å². The molecular formula is C13H16Cl2N2O3. The molecule has 5 nitrogen and oxygen atoms in total. The molecule has 2 amide bonds. The summed E-state index contributed by atoms with van der Waals surface area (Å²) in [6.45, 7) is 1.27. The number of nitrogens with zero attached hydrogens (tertiary/aromatic N) is 1. The van der Waals surface area contributed by atoms with E-state index in [0.717, 1.165) is 6.42 Å². The van der Waals surface area contributed by atoms with E-state index >= 15 is 0 Å². The molecule has 1 aromatic rings. The molecule has 0 spiro atoms. The van der Waals surface area contributed by atoms with E-state index in [-0.39, 0.29) is 18.6 Å². The molecule has 20 heavy (non-hydrogen) atoms. The molecule has 1 fully saturated rings. The van der Waals surface area contributed by atoms with Crippen molar-refractivity contribution in [3.05, 3.63) is 22.2 Å². The number of nitrogens with one attached hydrogen (secondary N) is 1. The molecule has 0 aliphatic carbocycles. The smallest absolute Gasteiger partial charge is 0.321 e. The van der Waals surface area contributed by atoms with Crippen LogP contribution in [0.15, 0.2) is 12.1 Å². The van der Waals surface area contributed by atoms with Gasteiger partial charge >= 0.3 is 6.03 Å². The maximum atomic E-state index is 12.1. The molecule has 0 radical (unpaired) electrons. The van der Waals surface area contributed by atoms with Crippen LogP contribution in [-0.2, 0) is 0 Å². The third kappa shape index (κ3) is 3.29. The number of amides is 2. The summed E-state index contributed by atoms with van der Waals surface area (Å²) in [5.74, 6) is 0.599. The molecule has 0 saturated carbocycles. The van der Waals surface area contributed by atoms with Gasteiger partial charge in [0.15, 0.2) is 0 Å². The average molecular weight is 319 g/mol. The summed E-state index contributed by atoms with van der Waals surface area (Å²) >= 11 is 11.8. The van der Waals surface area contributed by atoms with Crippen molar-refractivity contribution < 1.29 is 14.6 Å². The number of urea groups is 1. The Morgan fingerprint density at radius 1 is 1.50 bits per heavy atom. The van der Waals surface area contributed by atoms with Gasteiger partial charge in [-0.3, -0.25) is 0 Å². The Kier molecular flexibility index (Phi) is 4.96. The number of likely N-dealkylation sites (tertiary alicyclic amines) is 1. The van der Waals surface area contributed by atoms with Crippen molar-refractivity contribution in [1.82, 2.24) is 4.90 Å². The summed E-state index contributed by atoms with van der Waals surface area (Å²) in [7, 11) is 1.49. The predicted octanol–water partition coefficient (Wildman–Crippen LogP) is 2.85. The summed E-state index contributed by atoms with van der Waals surface area (Å²) in [6.07, 6.45) is 0.808. The zero-order valence-corrected chi connectivity index (χ0v) is 12.5. The second-order valence-corrected chi connectivity index (χ2v) is 5.49. The maximum Gasteiger partial charge on any atom is 0.321 e. The fraction of sp³-hybridized carbons (Fsp3) is 0.462. The molecule has 0 bridgehead atoms. The number of hydrogen-bond acceptors (Lipinski definition) is 3. The van der Waals surface area contributed by atoms with E-state index in [0.29, 0.717) is 34.6 Å². The lowest BCUT2D eigenvalue weighted by atomic mass is 10.1. The number of ether oxygens (including phenoxy) is 1. The Bertz CT molecular complexity index is 511. The minimum absolute atomic E-state index is 0.0971. The monoisotopic (exact) mass is 318 g/mol. The van der Waals surface area contributed by atoms with E-state index in [1.165, 1.54) is 7.11 Å². The first-order valence-corrected chi connectivity index (χ1v) is 7.00. The molecule has 1 aromatic carbocycles.